The van der Waals surface area contributed by atoms with Crippen molar-refractivity contribution in [2.75, 3.05) is 25.1 Å². The highest BCUT2D eigenvalue weighted by Crippen LogP contribution is 2.41. The number of hydrogen-bond donors (Lipinski definition) is 1. The van der Waals surface area contributed by atoms with Crippen LogP contribution in [0.25, 0.3) is 16.9 Å². The molecular weight excluding hydrogens is 468 g/mol. The van der Waals surface area contributed by atoms with Gasteiger partial charge in [0.1, 0.15) is 5.69 Å². The van der Waals surface area contributed by atoms with E-state index < -0.39 is 9.84 Å². The number of nitrogens with two attached hydrogens (primary N) is 1. The van der Waals surface area contributed by atoms with E-state index in [0.29, 0.717) is 48.0 Å². The third-order valence-electron chi connectivity index (χ3n) is 7.37. The van der Waals surface area contributed by atoms with Gasteiger partial charge in [-0.25, -0.2) is 18.4 Å². The molecule has 0 spiro atoms. The summed E-state index contributed by atoms with van der Waals surface area (Å²) in [5, 5.41) is 0. The van der Waals surface area contributed by atoms with Crippen LogP contribution in [0.3, 0.4) is 0 Å². The largest absolute Gasteiger partial charge is 0.381 e. The van der Waals surface area contributed by atoms with E-state index in [0.717, 1.165) is 25.5 Å². The van der Waals surface area contributed by atoms with Crippen LogP contribution < -0.4 is 5.73 Å². The highest BCUT2D eigenvalue weighted by Gasteiger charge is 2.41. The van der Waals surface area contributed by atoms with E-state index in [1.165, 1.54) is 6.07 Å². The van der Waals surface area contributed by atoms with Crippen LogP contribution in [0, 0.1) is 5.92 Å². The molecular formula is C24H26N6O4S. The molecule has 4 heterocycles. The SMILES string of the molecule is C[C@@H](C1CC1)N1Cc2cc(-c3cnc4c(N)nc(C(=O)N5CCC5)cn34)cc(S(C)(=O)=O)c2C1=O. The molecule has 35 heavy (non-hydrogen) atoms. The van der Waals surface area contributed by atoms with Gasteiger partial charge in [-0.1, -0.05) is 0 Å². The summed E-state index contributed by atoms with van der Waals surface area (Å²) in [6, 6.07) is 3.43. The number of carbonyl (C=O) groups is 2. The second-order valence-electron chi connectivity index (χ2n) is 9.79. The third-order valence-corrected chi connectivity index (χ3v) is 8.49. The van der Waals surface area contributed by atoms with Crippen LogP contribution in [0.4, 0.5) is 5.82 Å². The minimum atomic E-state index is -3.69. The van der Waals surface area contributed by atoms with Gasteiger partial charge in [-0.3, -0.25) is 14.0 Å². The fourth-order valence-electron chi connectivity index (χ4n) is 5.05. The van der Waals surface area contributed by atoms with Gasteiger partial charge in [0.15, 0.2) is 21.3 Å². The number of carbonyl (C=O) groups excluding carboxylic acids is 2. The van der Waals surface area contributed by atoms with E-state index in [9.17, 15) is 18.0 Å². The molecule has 3 aliphatic rings. The molecule has 11 heteroatoms. The molecule has 2 aliphatic heterocycles. The lowest BCUT2D eigenvalue weighted by Gasteiger charge is -2.30. The van der Waals surface area contributed by atoms with Crippen LogP contribution in [0.5, 0.6) is 0 Å². The van der Waals surface area contributed by atoms with E-state index in [-0.39, 0.29) is 39.8 Å². The first-order chi connectivity index (χ1) is 16.6. The van der Waals surface area contributed by atoms with E-state index in [2.05, 4.69) is 9.97 Å². The van der Waals surface area contributed by atoms with Crippen LogP contribution in [-0.4, -0.2) is 69.8 Å². The molecule has 2 fully saturated rings. The molecule has 2 aromatic heterocycles. The standard InChI is InChI=1S/C24H26N6O4S/c1-13(14-4-5-14)29-11-16-8-15(9-19(35(2,33)34)20(16)24(29)32)18-10-26-22-21(25)27-17(12-30(18)22)23(31)28-6-3-7-28/h8-10,12-14H,3-7,11H2,1-2H3,(H2,25,27)/t13-/m0/s1. The monoisotopic (exact) mass is 494 g/mol. The molecule has 1 atom stereocenters. The number of likely N-dealkylation sites (tertiary alicyclic amines) is 1. The highest BCUT2D eigenvalue weighted by atomic mass is 32.2. The van der Waals surface area contributed by atoms with Crippen LogP contribution in [0.15, 0.2) is 29.4 Å². The van der Waals surface area contributed by atoms with Gasteiger partial charge >= 0.3 is 0 Å². The maximum atomic E-state index is 13.3. The predicted octanol–water partition coefficient (Wildman–Crippen LogP) is 1.98. The van der Waals surface area contributed by atoms with Gasteiger partial charge in [0.05, 0.1) is 22.3 Å². The summed E-state index contributed by atoms with van der Waals surface area (Å²) in [5.41, 5.74) is 8.79. The molecule has 0 radical (unpaired) electrons. The summed E-state index contributed by atoms with van der Waals surface area (Å²) in [5.74, 6) is 0.142. The molecule has 1 saturated heterocycles. The molecule has 1 aliphatic carbocycles. The zero-order valence-corrected chi connectivity index (χ0v) is 20.4. The Bertz CT molecular complexity index is 1520. The summed E-state index contributed by atoms with van der Waals surface area (Å²) in [4.78, 5) is 38.2. The Morgan fingerprint density at radius 3 is 2.60 bits per heavy atom. The molecule has 0 bridgehead atoms. The smallest absolute Gasteiger partial charge is 0.274 e. The van der Waals surface area contributed by atoms with Gasteiger partial charge in [-0.2, -0.15) is 0 Å². The normalized spacial score (nSPS) is 18.6. The summed E-state index contributed by atoms with van der Waals surface area (Å²) in [6.45, 7) is 3.75. The van der Waals surface area contributed by atoms with Crippen molar-refractivity contribution in [2.45, 2.75) is 43.7 Å². The number of rotatable bonds is 5. The van der Waals surface area contributed by atoms with Gasteiger partial charge in [0.25, 0.3) is 11.8 Å². The number of benzene rings is 1. The molecule has 2 amide bonds. The number of nitrogen functional groups attached to an aromatic ring is 1. The Kier molecular flexibility index (Phi) is 4.73. The fourth-order valence-corrected chi connectivity index (χ4v) is 5.98. The lowest BCUT2D eigenvalue weighted by molar-refractivity contribution is 0.0644. The molecule has 1 saturated carbocycles. The van der Waals surface area contributed by atoms with E-state index in [1.54, 1.807) is 26.6 Å². The second-order valence-corrected chi connectivity index (χ2v) is 11.8. The summed E-state index contributed by atoms with van der Waals surface area (Å²) < 4.78 is 27.2. The maximum Gasteiger partial charge on any atom is 0.274 e. The van der Waals surface area contributed by atoms with E-state index >= 15 is 0 Å². The topological polar surface area (TPSA) is 131 Å². The number of fused-ring (bicyclic) bond motifs is 2. The van der Waals surface area contributed by atoms with Gasteiger partial charge < -0.3 is 15.5 Å². The second kappa shape index (κ2) is 7.51. The molecule has 1 aromatic carbocycles. The Balaban J connectivity index is 1.49. The number of sulfone groups is 1. The van der Waals surface area contributed by atoms with Crippen LogP contribution in [-0.2, 0) is 16.4 Å². The number of hydrogen-bond acceptors (Lipinski definition) is 7. The van der Waals surface area contributed by atoms with Gasteiger partial charge in [-0.15, -0.1) is 0 Å². The Morgan fingerprint density at radius 1 is 1.23 bits per heavy atom. The molecule has 2 N–H and O–H groups in total. The first-order valence-electron chi connectivity index (χ1n) is 11.7. The Labute approximate surface area is 202 Å². The third kappa shape index (κ3) is 3.48. The van der Waals surface area contributed by atoms with Crippen molar-refractivity contribution in [3.8, 4) is 11.3 Å². The first-order valence-corrected chi connectivity index (χ1v) is 13.6. The first kappa shape index (κ1) is 22.0. The van der Waals surface area contributed by atoms with Crippen molar-refractivity contribution in [3.05, 3.63) is 41.3 Å². The lowest BCUT2D eigenvalue weighted by atomic mass is 10.0. The predicted molar refractivity (Wildman–Crippen MR) is 129 cm³/mol. The highest BCUT2D eigenvalue weighted by molar-refractivity contribution is 7.90. The van der Waals surface area contributed by atoms with Crippen molar-refractivity contribution < 1.29 is 18.0 Å². The summed E-state index contributed by atoms with van der Waals surface area (Å²) in [6.07, 6.45) is 7.42. The molecule has 182 valence electrons. The maximum absolute atomic E-state index is 13.3. The molecule has 6 rings (SSSR count). The zero-order chi connectivity index (χ0) is 24.6. The van der Waals surface area contributed by atoms with Crippen molar-refractivity contribution in [1.29, 1.82) is 0 Å². The summed E-state index contributed by atoms with van der Waals surface area (Å²) in [7, 11) is -3.69. The van der Waals surface area contributed by atoms with Gasteiger partial charge in [0, 0.05) is 43.7 Å². The lowest BCUT2D eigenvalue weighted by Crippen LogP contribution is -2.42. The average molecular weight is 495 g/mol. The number of aromatic nitrogens is 3. The number of anilines is 1. The minimum absolute atomic E-state index is 0.00866. The molecule has 10 nitrogen and oxygen atoms in total. The summed E-state index contributed by atoms with van der Waals surface area (Å²) >= 11 is 0. The number of imidazole rings is 1. The molecule has 3 aromatic rings. The van der Waals surface area contributed by atoms with Gasteiger partial charge in [0.2, 0.25) is 0 Å². The van der Waals surface area contributed by atoms with Crippen LogP contribution >= 0.6 is 0 Å². The Hall–Kier alpha value is -3.47. The average Bonchev–Trinajstić information content (AvgIpc) is 3.44. The zero-order valence-electron chi connectivity index (χ0n) is 19.6. The number of amides is 2. The molecule has 0 unspecified atom stereocenters. The minimum Gasteiger partial charge on any atom is -0.381 e. The van der Waals surface area contributed by atoms with Crippen LogP contribution in [0.2, 0.25) is 0 Å². The van der Waals surface area contributed by atoms with Crippen LogP contribution in [0.1, 0.15) is 52.6 Å². The van der Waals surface area contributed by atoms with E-state index in [1.807, 2.05) is 13.0 Å². The van der Waals surface area contributed by atoms with E-state index in [4.69, 9.17) is 5.73 Å². The van der Waals surface area contributed by atoms with Gasteiger partial charge in [-0.05, 0) is 49.8 Å². The van der Waals surface area contributed by atoms with Crippen molar-refractivity contribution in [3.63, 3.8) is 0 Å². The van der Waals surface area contributed by atoms with Crippen molar-refractivity contribution in [2.24, 2.45) is 5.92 Å². The number of nitrogens with zero attached hydrogens (tertiary/aromatic N) is 5. The quantitative estimate of drug-likeness (QED) is 0.574. The van der Waals surface area contributed by atoms with Crippen molar-refractivity contribution in [1.82, 2.24) is 24.2 Å². The van der Waals surface area contributed by atoms with Crippen molar-refractivity contribution >= 4 is 33.1 Å². The Morgan fingerprint density at radius 2 is 1.97 bits per heavy atom. The fraction of sp³-hybridized carbons (Fsp3) is 0.417.